The quantitative estimate of drug-likeness (QED) is 0.546. The Labute approximate surface area is 80.5 Å². The van der Waals surface area contributed by atoms with Crippen molar-refractivity contribution in [2.24, 2.45) is 0 Å². The fraction of sp³-hybridized carbons (Fsp3) is 0.375. The molecule has 0 fully saturated rings. The second-order valence-corrected chi connectivity index (χ2v) is 2.66. The maximum Gasteiger partial charge on any atom is 0.411 e. The Balaban J connectivity index is 2.23. The number of H-pyrrole nitrogens is 1. The highest BCUT2D eigenvalue weighted by atomic mass is 16.6. The van der Waals surface area contributed by atoms with E-state index >= 15 is 0 Å². The number of aromatic amines is 1. The first-order valence-electron chi connectivity index (χ1n) is 4.08. The standard InChI is InChI=1S/C8H12N2O4/c11-4-7(12)5-14-8(13)10-6-1-2-9-3-6/h1-3,7,9,11-12H,4-5H2,(H,10,13)/t7-/m0/s1. The fourth-order valence-electron chi connectivity index (χ4n) is 0.780. The molecule has 1 atom stereocenters. The molecule has 6 nitrogen and oxygen atoms in total. The van der Waals surface area contributed by atoms with Crippen molar-refractivity contribution < 1.29 is 19.7 Å². The summed E-state index contributed by atoms with van der Waals surface area (Å²) in [4.78, 5) is 13.7. The Bertz CT molecular complexity index is 273. The molecule has 1 aromatic heterocycles. The van der Waals surface area contributed by atoms with Gasteiger partial charge in [-0.2, -0.15) is 0 Å². The van der Waals surface area contributed by atoms with Crippen molar-refractivity contribution >= 4 is 11.8 Å². The van der Waals surface area contributed by atoms with E-state index in [1.807, 2.05) is 0 Å². The molecule has 0 aliphatic rings. The lowest BCUT2D eigenvalue weighted by Crippen LogP contribution is -2.24. The Morgan fingerprint density at radius 2 is 2.50 bits per heavy atom. The van der Waals surface area contributed by atoms with Crippen LogP contribution in [-0.2, 0) is 4.74 Å². The van der Waals surface area contributed by atoms with Gasteiger partial charge in [0.2, 0.25) is 0 Å². The van der Waals surface area contributed by atoms with Crippen molar-refractivity contribution in [2.75, 3.05) is 18.5 Å². The lowest BCUT2D eigenvalue weighted by atomic mass is 10.4. The van der Waals surface area contributed by atoms with Crippen molar-refractivity contribution in [3.05, 3.63) is 18.5 Å². The number of amides is 1. The highest BCUT2D eigenvalue weighted by molar-refractivity contribution is 5.84. The first-order valence-corrected chi connectivity index (χ1v) is 4.08. The topological polar surface area (TPSA) is 94.6 Å². The number of ether oxygens (including phenoxy) is 1. The number of aliphatic hydroxyl groups is 2. The van der Waals surface area contributed by atoms with Crippen LogP contribution < -0.4 is 5.32 Å². The maximum absolute atomic E-state index is 11.0. The summed E-state index contributed by atoms with van der Waals surface area (Å²) in [5.41, 5.74) is 0.577. The van der Waals surface area contributed by atoms with E-state index in [0.717, 1.165) is 0 Å². The van der Waals surface area contributed by atoms with Crippen LogP contribution in [0.2, 0.25) is 0 Å². The zero-order valence-electron chi connectivity index (χ0n) is 7.43. The number of rotatable bonds is 4. The molecule has 0 aliphatic carbocycles. The summed E-state index contributed by atoms with van der Waals surface area (Å²) < 4.78 is 4.59. The van der Waals surface area contributed by atoms with Crippen LogP contribution in [0.5, 0.6) is 0 Å². The number of nitrogens with one attached hydrogen (secondary N) is 2. The normalized spacial score (nSPS) is 12.1. The highest BCUT2D eigenvalue weighted by Gasteiger charge is 2.07. The van der Waals surface area contributed by atoms with Gasteiger partial charge in [0.25, 0.3) is 0 Å². The van der Waals surface area contributed by atoms with Crippen molar-refractivity contribution in [1.82, 2.24) is 4.98 Å². The minimum Gasteiger partial charge on any atom is -0.446 e. The molecule has 0 aromatic carbocycles. The molecule has 1 aromatic rings. The largest absolute Gasteiger partial charge is 0.446 e. The zero-order chi connectivity index (χ0) is 10.4. The van der Waals surface area contributed by atoms with Crippen LogP contribution in [-0.4, -0.2) is 40.6 Å². The molecule has 0 saturated carbocycles. The number of aromatic nitrogens is 1. The number of hydrogen-bond acceptors (Lipinski definition) is 4. The molecular weight excluding hydrogens is 188 g/mol. The number of carbonyl (C=O) groups is 1. The van der Waals surface area contributed by atoms with Crippen LogP contribution in [0.1, 0.15) is 0 Å². The van der Waals surface area contributed by atoms with E-state index < -0.39 is 18.8 Å². The molecule has 1 rings (SSSR count). The second kappa shape index (κ2) is 5.25. The first-order chi connectivity index (χ1) is 6.72. The summed E-state index contributed by atoms with van der Waals surface area (Å²) in [6, 6.07) is 1.66. The van der Waals surface area contributed by atoms with Gasteiger partial charge in [-0.3, -0.25) is 5.32 Å². The Morgan fingerprint density at radius 1 is 1.71 bits per heavy atom. The summed E-state index contributed by atoms with van der Waals surface area (Å²) in [6.45, 7) is -0.663. The first kappa shape index (κ1) is 10.6. The number of hydrogen-bond donors (Lipinski definition) is 4. The van der Waals surface area contributed by atoms with E-state index in [9.17, 15) is 4.79 Å². The number of carbonyl (C=O) groups excluding carboxylic acids is 1. The summed E-state index contributed by atoms with van der Waals surface area (Å²) in [7, 11) is 0. The van der Waals surface area contributed by atoms with Gasteiger partial charge in [-0.15, -0.1) is 0 Å². The van der Waals surface area contributed by atoms with E-state index in [1.54, 1.807) is 18.5 Å². The molecular formula is C8H12N2O4. The third kappa shape index (κ3) is 3.46. The molecule has 0 unspecified atom stereocenters. The van der Waals surface area contributed by atoms with Crippen LogP contribution in [0.3, 0.4) is 0 Å². The summed E-state index contributed by atoms with van der Waals surface area (Å²) in [5.74, 6) is 0. The van der Waals surface area contributed by atoms with E-state index in [1.165, 1.54) is 0 Å². The highest BCUT2D eigenvalue weighted by Crippen LogP contribution is 2.03. The lowest BCUT2D eigenvalue weighted by Gasteiger charge is -2.08. The van der Waals surface area contributed by atoms with Gasteiger partial charge in [-0.1, -0.05) is 0 Å². The van der Waals surface area contributed by atoms with Gasteiger partial charge in [-0.25, -0.2) is 4.79 Å². The molecule has 1 heterocycles. The molecule has 14 heavy (non-hydrogen) atoms. The SMILES string of the molecule is O=C(Nc1cc[nH]c1)OC[C@@H](O)CO. The van der Waals surface area contributed by atoms with Crippen LogP contribution >= 0.6 is 0 Å². The van der Waals surface area contributed by atoms with Gasteiger partial charge >= 0.3 is 6.09 Å². The predicted molar refractivity (Wildman–Crippen MR) is 48.9 cm³/mol. The van der Waals surface area contributed by atoms with Crippen LogP contribution in [0.25, 0.3) is 0 Å². The van der Waals surface area contributed by atoms with Crippen LogP contribution in [0, 0.1) is 0 Å². The minimum atomic E-state index is -1.04. The third-order valence-corrected chi connectivity index (χ3v) is 1.46. The maximum atomic E-state index is 11.0. The summed E-state index contributed by atoms with van der Waals surface area (Å²) >= 11 is 0. The smallest absolute Gasteiger partial charge is 0.411 e. The van der Waals surface area contributed by atoms with Crippen molar-refractivity contribution in [3.63, 3.8) is 0 Å². The van der Waals surface area contributed by atoms with Gasteiger partial charge in [0.15, 0.2) is 0 Å². The molecule has 0 spiro atoms. The Morgan fingerprint density at radius 3 is 3.07 bits per heavy atom. The molecule has 6 heteroatoms. The molecule has 0 bridgehead atoms. The predicted octanol–water partition coefficient (Wildman–Crippen LogP) is -0.0836. The fourth-order valence-corrected chi connectivity index (χ4v) is 0.780. The van der Waals surface area contributed by atoms with Gasteiger partial charge in [0, 0.05) is 12.4 Å². The molecule has 78 valence electrons. The monoisotopic (exact) mass is 200 g/mol. The molecule has 0 radical (unpaired) electrons. The van der Waals surface area contributed by atoms with E-state index in [2.05, 4.69) is 15.0 Å². The van der Waals surface area contributed by atoms with Gasteiger partial charge in [-0.05, 0) is 6.07 Å². The molecule has 1 amide bonds. The van der Waals surface area contributed by atoms with E-state index in [0.29, 0.717) is 5.69 Å². The minimum absolute atomic E-state index is 0.229. The van der Waals surface area contributed by atoms with Crippen molar-refractivity contribution in [3.8, 4) is 0 Å². The Hall–Kier alpha value is -1.53. The van der Waals surface area contributed by atoms with Gasteiger partial charge in [0.05, 0.1) is 12.3 Å². The van der Waals surface area contributed by atoms with E-state index in [4.69, 9.17) is 10.2 Å². The van der Waals surface area contributed by atoms with Crippen molar-refractivity contribution in [1.29, 1.82) is 0 Å². The molecule has 0 saturated heterocycles. The lowest BCUT2D eigenvalue weighted by molar-refractivity contribution is 0.0362. The van der Waals surface area contributed by atoms with Gasteiger partial charge < -0.3 is 19.9 Å². The number of aliphatic hydroxyl groups excluding tert-OH is 2. The van der Waals surface area contributed by atoms with E-state index in [-0.39, 0.29) is 6.61 Å². The third-order valence-electron chi connectivity index (χ3n) is 1.46. The molecule has 0 aliphatic heterocycles. The zero-order valence-corrected chi connectivity index (χ0v) is 7.43. The van der Waals surface area contributed by atoms with Crippen LogP contribution in [0.4, 0.5) is 10.5 Å². The summed E-state index contributed by atoms with van der Waals surface area (Å²) in [5, 5.41) is 19.7. The van der Waals surface area contributed by atoms with Crippen molar-refractivity contribution in [2.45, 2.75) is 6.10 Å². The van der Waals surface area contributed by atoms with Crippen LogP contribution in [0.15, 0.2) is 18.5 Å². The Kier molecular flexibility index (Phi) is 3.96. The number of anilines is 1. The average molecular weight is 200 g/mol. The molecule has 4 N–H and O–H groups in total. The van der Waals surface area contributed by atoms with Gasteiger partial charge in [0.1, 0.15) is 12.7 Å². The average Bonchev–Trinajstić information content (AvgIpc) is 2.66. The second-order valence-electron chi connectivity index (χ2n) is 2.66. The summed E-state index contributed by atoms with van der Waals surface area (Å²) in [6.07, 6.45) is 1.53.